The van der Waals surface area contributed by atoms with Gasteiger partial charge in [-0.2, -0.15) is 13.2 Å². The number of nitrogens with one attached hydrogen (secondary N) is 1. The summed E-state index contributed by atoms with van der Waals surface area (Å²) in [6.07, 6.45) is -2.43. The van der Waals surface area contributed by atoms with Gasteiger partial charge in [-0.25, -0.2) is 0 Å². The van der Waals surface area contributed by atoms with E-state index in [9.17, 15) is 22.8 Å². The number of hydrogen-bond donors (Lipinski definition) is 2. The molecule has 4 nitrogen and oxygen atoms in total. The molecule has 1 unspecified atom stereocenters. The van der Waals surface area contributed by atoms with Crippen LogP contribution < -0.4 is 5.32 Å². The predicted octanol–water partition coefficient (Wildman–Crippen LogP) is 3.26. The molecule has 1 aromatic rings. The average molecular weight is 343 g/mol. The maximum absolute atomic E-state index is 12.5. The number of carbonyl (C=O) groups excluding carboxylic acids is 1. The molecule has 1 aliphatic carbocycles. The van der Waals surface area contributed by atoms with Gasteiger partial charge in [0.15, 0.2) is 0 Å². The van der Waals surface area contributed by atoms with E-state index >= 15 is 0 Å². The molecular formula is C17H20F3NO3. The molecule has 0 bridgehead atoms. The predicted molar refractivity (Wildman–Crippen MR) is 81.2 cm³/mol. The number of halogens is 3. The van der Waals surface area contributed by atoms with Crippen LogP contribution in [0.5, 0.6) is 0 Å². The maximum atomic E-state index is 12.5. The van der Waals surface area contributed by atoms with Crippen molar-refractivity contribution in [1.29, 1.82) is 0 Å². The minimum atomic E-state index is -4.38. The Morgan fingerprint density at radius 3 is 2.25 bits per heavy atom. The Hall–Kier alpha value is -2.05. The number of carbonyl (C=O) groups is 2. The van der Waals surface area contributed by atoms with Crippen molar-refractivity contribution in [3.05, 3.63) is 35.4 Å². The standard InChI is InChI=1S/C17H20F3NO3/c1-2-12(14(22)21-10-16(7-8-16)15(23)24)9-11-3-5-13(6-4-11)17(18,19)20/h3-6,12H,2,7-10H2,1H3,(H,21,22)(H,23,24). The number of carboxylic acid groups (broad SMARTS) is 1. The summed E-state index contributed by atoms with van der Waals surface area (Å²) in [6.45, 7) is 1.92. The van der Waals surface area contributed by atoms with Gasteiger partial charge in [0, 0.05) is 12.5 Å². The van der Waals surface area contributed by atoms with Crippen LogP contribution in [0.3, 0.4) is 0 Å². The summed E-state index contributed by atoms with van der Waals surface area (Å²) in [5, 5.41) is 11.8. The molecule has 0 heterocycles. The van der Waals surface area contributed by atoms with E-state index in [4.69, 9.17) is 5.11 Å². The zero-order chi connectivity index (χ0) is 18.0. The Morgan fingerprint density at radius 2 is 1.83 bits per heavy atom. The van der Waals surface area contributed by atoms with Gasteiger partial charge in [0.1, 0.15) is 0 Å². The molecule has 0 aromatic heterocycles. The normalized spacial score (nSPS) is 17.2. The quantitative estimate of drug-likeness (QED) is 0.799. The Bertz CT molecular complexity index is 607. The number of benzene rings is 1. The van der Waals surface area contributed by atoms with Crippen molar-refractivity contribution in [2.24, 2.45) is 11.3 Å². The topological polar surface area (TPSA) is 66.4 Å². The van der Waals surface area contributed by atoms with Gasteiger partial charge in [-0.3, -0.25) is 9.59 Å². The SMILES string of the molecule is CCC(Cc1ccc(C(F)(F)F)cc1)C(=O)NCC1(C(=O)O)CC1. The van der Waals surface area contributed by atoms with E-state index in [0.29, 0.717) is 31.2 Å². The molecule has 132 valence electrons. The maximum Gasteiger partial charge on any atom is 0.416 e. The summed E-state index contributed by atoms with van der Waals surface area (Å²) in [7, 11) is 0. The first kappa shape index (κ1) is 18.3. The fourth-order valence-electron chi connectivity index (χ4n) is 2.55. The molecule has 0 saturated heterocycles. The molecule has 2 N–H and O–H groups in total. The molecule has 1 fully saturated rings. The Balaban J connectivity index is 1.93. The third kappa shape index (κ3) is 4.27. The van der Waals surface area contributed by atoms with Crippen LogP contribution in [-0.2, 0) is 22.2 Å². The number of hydrogen-bond acceptors (Lipinski definition) is 2. The molecule has 0 spiro atoms. The van der Waals surface area contributed by atoms with E-state index in [-0.39, 0.29) is 12.5 Å². The van der Waals surface area contributed by atoms with Crippen LogP contribution in [0.25, 0.3) is 0 Å². The van der Waals surface area contributed by atoms with Crippen molar-refractivity contribution in [1.82, 2.24) is 5.32 Å². The monoisotopic (exact) mass is 343 g/mol. The van der Waals surface area contributed by atoms with Crippen LogP contribution in [0.15, 0.2) is 24.3 Å². The van der Waals surface area contributed by atoms with Gasteiger partial charge in [-0.05, 0) is 43.4 Å². The minimum Gasteiger partial charge on any atom is -0.481 e. The van der Waals surface area contributed by atoms with E-state index in [2.05, 4.69) is 5.32 Å². The molecule has 7 heteroatoms. The van der Waals surface area contributed by atoms with E-state index in [1.54, 1.807) is 0 Å². The van der Waals surface area contributed by atoms with Gasteiger partial charge < -0.3 is 10.4 Å². The lowest BCUT2D eigenvalue weighted by molar-refractivity contribution is -0.143. The van der Waals surface area contributed by atoms with Crippen LogP contribution in [-0.4, -0.2) is 23.5 Å². The van der Waals surface area contributed by atoms with Crippen LogP contribution in [0.2, 0.25) is 0 Å². The van der Waals surface area contributed by atoms with Crippen molar-refractivity contribution < 1.29 is 27.9 Å². The first-order valence-corrected chi connectivity index (χ1v) is 7.85. The van der Waals surface area contributed by atoms with Gasteiger partial charge in [-0.15, -0.1) is 0 Å². The highest BCUT2D eigenvalue weighted by molar-refractivity contribution is 5.82. The summed E-state index contributed by atoms with van der Waals surface area (Å²) in [5.74, 6) is -1.56. The molecule has 1 saturated carbocycles. The average Bonchev–Trinajstić information content (AvgIpc) is 3.31. The van der Waals surface area contributed by atoms with Gasteiger partial charge in [0.2, 0.25) is 5.91 Å². The summed E-state index contributed by atoms with van der Waals surface area (Å²) in [6, 6.07) is 4.75. The third-order valence-electron chi connectivity index (χ3n) is 4.54. The zero-order valence-electron chi connectivity index (χ0n) is 13.3. The summed E-state index contributed by atoms with van der Waals surface area (Å²) < 4.78 is 37.6. The second-order valence-corrected chi connectivity index (χ2v) is 6.31. The van der Waals surface area contributed by atoms with Crippen molar-refractivity contribution in [2.75, 3.05) is 6.54 Å². The van der Waals surface area contributed by atoms with Gasteiger partial charge in [0.05, 0.1) is 11.0 Å². The number of carboxylic acids is 1. The van der Waals surface area contributed by atoms with Gasteiger partial charge >= 0.3 is 12.1 Å². The lowest BCUT2D eigenvalue weighted by Gasteiger charge is -2.17. The first-order chi connectivity index (χ1) is 11.2. The highest BCUT2D eigenvalue weighted by atomic mass is 19.4. The number of rotatable bonds is 7. The zero-order valence-corrected chi connectivity index (χ0v) is 13.3. The van der Waals surface area contributed by atoms with Crippen LogP contribution in [0.4, 0.5) is 13.2 Å². The molecule has 1 amide bonds. The lowest BCUT2D eigenvalue weighted by Crippen LogP contribution is -2.38. The van der Waals surface area contributed by atoms with E-state index in [0.717, 1.165) is 12.1 Å². The van der Waals surface area contributed by atoms with Crippen molar-refractivity contribution in [3.63, 3.8) is 0 Å². The molecule has 1 atom stereocenters. The van der Waals surface area contributed by atoms with E-state index in [1.165, 1.54) is 12.1 Å². The summed E-state index contributed by atoms with van der Waals surface area (Å²) in [5.41, 5.74) is -0.910. The van der Waals surface area contributed by atoms with Crippen molar-refractivity contribution in [2.45, 2.75) is 38.8 Å². The molecule has 24 heavy (non-hydrogen) atoms. The van der Waals surface area contributed by atoms with Gasteiger partial charge in [0.25, 0.3) is 0 Å². The van der Waals surface area contributed by atoms with E-state index < -0.39 is 29.0 Å². The van der Waals surface area contributed by atoms with Crippen molar-refractivity contribution >= 4 is 11.9 Å². The molecule has 1 aliphatic rings. The van der Waals surface area contributed by atoms with E-state index in [1.807, 2.05) is 6.92 Å². The largest absolute Gasteiger partial charge is 0.481 e. The molecular weight excluding hydrogens is 323 g/mol. The second-order valence-electron chi connectivity index (χ2n) is 6.31. The number of aliphatic carboxylic acids is 1. The Morgan fingerprint density at radius 1 is 1.25 bits per heavy atom. The lowest BCUT2D eigenvalue weighted by atomic mass is 9.95. The fraction of sp³-hybridized carbons (Fsp3) is 0.529. The Labute approximate surface area is 138 Å². The third-order valence-corrected chi connectivity index (χ3v) is 4.54. The number of alkyl halides is 3. The first-order valence-electron chi connectivity index (χ1n) is 7.85. The van der Waals surface area contributed by atoms with Crippen molar-refractivity contribution in [3.8, 4) is 0 Å². The minimum absolute atomic E-state index is 0.102. The highest BCUT2D eigenvalue weighted by Crippen LogP contribution is 2.45. The molecule has 0 radical (unpaired) electrons. The van der Waals surface area contributed by atoms with Gasteiger partial charge in [-0.1, -0.05) is 19.1 Å². The number of amides is 1. The molecule has 0 aliphatic heterocycles. The van der Waals surface area contributed by atoms with Crippen LogP contribution in [0.1, 0.15) is 37.3 Å². The van der Waals surface area contributed by atoms with Crippen LogP contribution in [0, 0.1) is 11.3 Å². The second kappa shape index (κ2) is 6.83. The Kier molecular flexibility index (Phi) is 5.20. The highest BCUT2D eigenvalue weighted by Gasteiger charge is 2.50. The summed E-state index contributed by atoms with van der Waals surface area (Å²) in [4.78, 5) is 23.3. The molecule has 1 aromatic carbocycles. The smallest absolute Gasteiger partial charge is 0.416 e. The van der Waals surface area contributed by atoms with Crippen LogP contribution >= 0.6 is 0 Å². The molecule has 2 rings (SSSR count). The fourth-order valence-corrected chi connectivity index (χ4v) is 2.55. The summed E-state index contributed by atoms with van der Waals surface area (Å²) >= 11 is 0.